The predicted octanol–water partition coefficient (Wildman–Crippen LogP) is 6.24. The highest BCUT2D eigenvalue weighted by atomic mass is 16.6. The van der Waals surface area contributed by atoms with E-state index in [1.165, 1.54) is 6.07 Å². The fourth-order valence-electron chi connectivity index (χ4n) is 4.50. The number of carbonyl (C=O) groups excluding carboxylic acids is 1. The minimum absolute atomic E-state index is 0.00868. The number of ether oxygens (including phenoxy) is 2. The van der Waals surface area contributed by atoms with E-state index in [-0.39, 0.29) is 23.2 Å². The summed E-state index contributed by atoms with van der Waals surface area (Å²) in [4.78, 5) is 19.1. The zero-order valence-corrected chi connectivity index (χ0v) is 21.2. The highest BCUT2D eigenvalue weighted by Gasteiger charge is 2.30. The van der Waals surface area contributed by atoms with Crippen molar-refractivity contribution < 1.29 is 29.3 Å². The molecule has 37 heavy (non-hydrogen) atoms. The van der Waals surface area contributed by atoms with E-state index in [4.69, 9.17) is 14.3 Å². The summed E-state index contributed by atoms with van der Waals surface area (Å²) in [5, 5.41) is 21.7. The maximum Gasteiger partial charge on any atom is 0.342 e. The maximum atomic E-state index is 13.3. The van der Waals surface area contributed by atoms with Crippen LogP contribution in [0, 0.1) is 0 Å². The second-order valence-corrected chi connectivity index (χ2v) is 9.35. The maximum absolute atomic E-state index is 13.3. The van der Waals surface area contributed by atoms with Crippen LogP contribution in [0.1, 0.15) is 78.6 Å². The zero-order valence-electron chi connectivity index (χ0n) is 21.2. The van der Waals surface area contributed by atoms with Crippen molar-refractivity contribution >= 4 is 12.0 Å². The number of benzene rings is 2. The second-order valence-electron chi connectivity index (χ2n) is 9.35. The molecule has 0 aromatic heterocycles. The molecule has 0 amide bonds. The number of rotatable bonds is 5. The summed E-state index contributed by atoms with van der Waals surface area (Å²) in [5.41, 5.74) is 5.34. The van der Waals surface area contributed by atoms with E-state index >= 15 is 0 Å². The molecule has 0 radical (unpaired) electrons. The third-order valence-electron chi connectivity index (χ3n) is 6.38. The molecule has 0 spiro atoms. The van der Waals surface area contributed by atoms with Crippen molar-refractivity contribution in [3.05, 3.63) is 88.7 Å². The molecule has 7 heteroatoms. The Bertz CT molecular complexity index is 1150. The second kappa shape index (κ2) is 13.1. The van der Waals surface area contributed by atoms with Crippen LogP contribution in [0.2, 0.25) is 0 Å². The molecule has 2 aliphatic heterocycles. The van der Waals surface area contributed by atoms with Crippen LogP contribution in [0.5, 0.6) is 11.5 Å². The predicted molar refractivity (Wildman–Crippen MR) is 142 cm³/mol. The number of phenolic OH excluding ortho intramolecular Hbond substituents is 2. The van der Waals surface area contributed by atoms with Crippen LogP contribution in [0.15, 0.2) is 66.4 Å². The molecular weight excluding hydrogens is 470 g/mol. The molecule has 1 unspecified atom stereocenters. The summed E-state index contributed by atoms with van der Waals surface area (Å²) in [6.45, 7) is 2.70. The van der Waals surface area contributed by atoms with Crippen LogP contribution < -0.4 is 5.48 Å². The molecule has 2 aromatic rings. The lowest BCUT2D eigenvalue weighted by Gasteiger charge is -2.27. The Morgan fingerprint density at radius 2 is 1.86 bits per heavy atom. The van der Waals surface area contributed by atoms with E-state index in [1.54, 1.807) is 6.08 Å². The Hall–Kier alpha value is -3.55. The quantitative estimate of drug-likeness (QED) is 0.251. The highest BCUT2D eigenvalue weighted by Crippen LogP contribution is 2.42. The summed E-state index contributed by atoms with van der Waals surface area (Å²) < 4.78 is 11.7. The molecule has 3 N–H and O–H groups in total. The molecule has 0 saturated carbocycles. The minimum Gasteiger partial charge on any atom is -0.507 e. The van der Waals surface area contributed by atoms with Gasteiger partial charge in [-0.15, -0.1) is 0 Å². The molecule has 2 aromatic carbocycles. The van der Waals surface area contributed by atoms with Crippen molar-refractivity contribution in [2.75, 3.05) is 6.61 Å². The van der Waals surface area contributed by atoms with Gasteiger partial charge < -0.3 is 19.7 Å². The van der Waals surface area contributed by atoms with Crippen LogP contribution in [-0.4, -0.2) is 28.9 Å². The van der Waals surface area contributed by atoms with Crippen LogP contribution >= 0.6 is 0 Å². The summed E-state index contributed by atoms with van der Waals surface area (Å²) in [7, 11) is 0. The molecule has 0 bridgehead atoms. The molecule has 1 fully saturated rings. The van der Waals surface area contributed by atoms with Crippen molar-refractivity contribution in [1.29, 1.82) is 0 Å². The lowest BCUT2D eigenvalue weighted by Crippen LogP contribution is -2.19. The van der Waals surface area contributed by atoms with Crippen molar-refractivity contribution in [3.63, 3.8) is 0 Å². The van der Waals surface area contributed by atoms with Gasteiger partial charge in [0, 0.05) is 30.2 Å². The zero-order chi connectivity index (χ0) is 26.0. The van der Waals surface area contributed by atoms with Crippen molar-refractivity contribution in [2.24, 2.45) is 0 Å². The lowest BCUT2D eigenvalue weighted by molar-refractivity contribution is 0.0133. The number of hydrogen-bond acceptors (Lipinski definition) is 7. The Labute approximate surface area is 218 Å². The van der Waals surface area contributed by atoms with Gasteiger partial charge in [-0.25, -0.2) is 4.79 Å². The van der Waals surface area contributed by atoms with Crippen molar-refractivity contribution in [1.82, 2.24) is 5.48 Å². The lowest BCUT2D eigenvalue weighted by atomic mass is 9.91. The average Bonchev–Trinajstić information content (AvgIpc) is 2.88. The van der Waals surface area contributed by atoms with Crippen LogP contribution in [-0.2, 0) is 20.9 Å². The first-order valence-corrected chi connectivity index (χ1v) is 12.9. The SMILES string of the molecule is C[C@@H]1CC=CCCC=C/C(NOCc2ccccc2)=C/c2c(c(O)cc(O)c2C2CCCCO2)C(=O)O1. The van der Waals surface area contributed by atoms with Gasteiger partial charge in [0.2, 0.25) is 0 Å². The van der Waals surface area contributed by atoms with Gasteiger partial charge in [-0.05, 0) is 56.7 Å². The first-order chi connectivity index (χ1) is 18.0. The van der Waals surface area contributed by atoms with Crippen molar-refractivity contribution in [2.45, 2.75) is 64.3 Å². The molecule has 2 atom stereocenters. The smallest absolute Gasteiger partial charge is 0.342 e. The highest BCUT2D eigenvalue weighted by molar-refractivity contribution is 5.98. The Balaban J connectivity index is 1.78. The van der Waals surface area contributed by atoms with Gasteiger partial charge in [-0.1, -0.05) is 48.6 Å². The van der Waals surface area contributed by atoms with E-state index in [0.717, 1.165) is 31.2 Å². The molecule has 1 saturated heterocycles. The van der Waals surface area contributed by atoms with Crippen molar-refractivity contribution in [3.8, 4) is 11.5 Å². The standard InChI is InChI=1S/C30H35NO6/c1-21-12-6-3-2-4-9-15-23(31-36-20-22-13-7-5-8-14-22)18-24-28(27-16-10-11-17-35-27)25(32)19-26(33)29(24)30(34)37-21/h3,5-9,13-15,18-19,21,27,31-33H,2,4,10-12,16-17,20H2,1H3/b6-3?,15-9?,23-18-/t21-,27?/m1/s1. The number of fused-ring (bicyclic) bond motifs is 1. The normalized spacial score (nSPS) is 22.3. The minimum atomic E-state index is -0.660. The molecule has 2 heterocycles. The van der Waals surface area contributed by atoms with E-state index < -0.39 is 12.1 Å². The van der Waals surface area contributed by atoms with Gasteiger partial charge in [0.1, 0.15) is 23.2 Å². The van der Waals surface area contributed by atoms with Gasteiger partial charge in [0.05, 0.1) is 18.4 Å². The summed E-state index contributed by atoms with van der Waals surface area (Å²) in [6, 6.07) is 11.0. The Morgan fingerprint density at radius 3 is 2.65 bits per heavy atom. The summed E-state index contributed by atoms with van der Waals surface area (Å²) >= 11 is 0. The first kappa shape index (κ1) is 26.5. The van der Waals surface area contributed by atoms with E-state index in [9.17, 15) is 15.0 Å². The fraction of sp³-hybridized carbons (Fsp3) is 0.367. The van der Waals surface area contributed by atoms with E-state index in [0.29, 0.717) is 42.9 Å². The van der Waals surface area contributed by atoms with Gasteiger partial charge in [-0.2, -0.15) is 0 Å². The number of aromatic hydroxyl groups is 2. The molecule has 4 rings (SSSR count). The molecule has 196 valence electrons. The number of carbonyl (C=O) groups is 1. The van der Waals surface area contributed by atoms with Gasteiger partial charge in [0.15, 0.2) is 0 Å². The number of allylic oxidation sites excluding steroid dienone is 3. The molecule has 0 aliphatic carbocycles. The first-order valence-electron chi connectivity index (χ1n) is 12.9. The van der Waals surface area contributed by atoms with Crippen LogP contribution in [0.25, 0.3) is 6.08 Å². The number of phenols is 2. The largest absolute Gasteiger partial charge is 0.507 e. The van der Waals surface area contributed by atoms with Gasteiger partial charge in [0.25, 0.3) is 0 Å². The van der Waals surface area contributed by atoms with Crippen LogP contribution in [0.3, 0.4) is 0 Å². The summed E-state index contributed by atoms with van der Waals surface area (Å²) in [5.74, 6) is -1.14. The number of esters is 1. The number of nitrogens with one attached hydrogen (secondary N) is 1. The third-order valence-corrected chi connectivity index (χ3v) is 6.38. The van der Waals surface area contributed by atoms with Gasteiger partial charge in [-0.3, -0.25) is 10.3 Å². The number of hydrogen-bond donors (Lipinski definition) is 3. The molecular formula is C30H35NO6. The Kier molecular flexibility index (Phi) is 9.40. The average molecular weight is 506 g/mol. The third kappa shape index (κ3) is 7.24. The molecule has 7 nitrogen and oxygen atoms in total. The number of cyclic esters (lactones) is 1. The molecule has 2 aliphatic rings. The topological polar surface area (TPSA) is 97.3 Å². The van der Waals surface area contributed by atoms with Crippen LogP contribution in [0.4, 0.5) is 0 Å². The monoisotopic (exact) mass is 505 g/mol. The fourth-order valence-corrected chi connectivity index (χ4v) is 4.50. The summed E-state index contributed by atoms with van der Waals surface area (Å²) in [6.07, 6.45) is 13.6. The van der Waals surface area contributed by atoms with E-state index in [2.05, 4.69) is 11.6 Å². The van der Waals surface area contributed by atoms with E-state index in [1.807, 2.05) is 55.5 Å². The van der Waals surface area contributed by atoms with Gasteiger partial charge >= 0.3 is 5.97 Å². The number of hydroxylamine groups is 1. The Morgan fingerprint density at radius 1 is 1.05 bits per heavy atom.